The first kappa shape index (κ1) is 73.2. The zero-order valence-corrected chi connectivity index (χ0v) is 62.4. The number of rotatable bonds is 31. The molecule has 4 heterocycles. The number of hydrogen-bond donors (Lipinski definition) is 1. The van der Waals surface area contributed by atoms with Crippen LogP contribution in [0.15, 0.2) is 38.9 Å². The summed E-state index contributed by atoms with van der Waals surface area (Å²) in [6, 6.07) is 10.9. The zero-order valence-electron chi connectivity index (χ0n) is 53.2. The second-order valence-electron chi connectivity index (χ2n) is 26.9. The second-order valence-corrected chi connectivity index (χ2v) is 52.4. The number of esters is 2. The molecule has 2 fully saturated rings. The van der Waals surface area contributed by atoms with Crippen molar-refractivity contribution in [3.05, 3.63) is 45.6 Å². The monoisotopic (exact) mass is 1470 g/mol. The number of hydrogen-bond acceptors (Lipinski definition) is 16. The summed E-state index contributed by atoms with van der Waals surface area (Å²) in [5, 5.41) is 12.8. The van der Waals surface area contributed by atoms with Gasteiger partial charge in [-0.1, -0.05) is 88.4 Å². The van der Waals surface area contributed by atoms with Crippen molar-refractivity contribution in [1.29, 1.82) is 0 Å². The number of halogens is 2. The van der Waals surface area contributed by atoms with Crippen LogP contribution in [0.25, 0.3) is 11.3 Å². The minimum Gasteiger partial charge on any atom is -0.466 e. The van der Waals surface area contributed by atoms with Crippen molar-refractivity contribution in [2.45, 2.75) is 200 Å². The van der Waals surface area contributed by atoms with Crippen LogP contribution in [0.3, 0.4) is 0 Å². The Bertz CT molecular complexity index is 2540. The van der Waals surface area contributed by atoms with Crippen LogP contribution >= 0.6 is 52.0 Å². The van der Waals surface area contributed by atoms with Gasteiger partial charge in [-0.2, -0.15) is 24.3 Å². The fourth-order valence-corrected chi connectivity index (χ4v) is 13.7. The molecule has 0 aromatic carbocycles. The number of fused-ring (bicyclic) bond motifs is 2. The van der Waals surface area contributed by atoms with Crippen LogP contribution in [0, 0.1) is 15.4 Å². The molecule has 2 aliphatic carbocycles. The fourth-order valence-electron chi connectivity index (χ4n) is 9.57. The van der Waals surface area contributed by atoms with Crippen molar-refractivity contribution in [3.8, 4) is 0 Å². The molecule has 4 aromatic heterocycles. The van der Waals surface area contributed by atoms with Gasteiger partial charge < -0.3 is 38.2 Å². The van der Waals surface area contributed by atoms with E-state index >= 15 is 0 Å². The van der Waals surface area contributed by atoms with Gasteiger partial charge in [0, 0.05) is 119 Å². The summed E-state index contributed by atoms with van der Waals surface area (Å²) >= 11 is 2.05. The highest BCUT2D eigenvalue weighted by atomic mass is 127. The van der Waals surface area contributed by atoms with Crippen LogP contribution in [0.2, 0.25) is 103 Å². The van der Waals surface area contributed by atoms with Crippen LogP contribution in [-0.4, -0.2) is 146 Å². The molecule has 0 unspecified atom stereocenters. The number of thiol groups is 1. The lowest BCUT2D eigenvalue weighted by Crippen LogP contribution is -2.33. The zero-order chi connectivity index (χ0) is 61.2. The maximum Gasteiger partial charge on any atom is 0.306 e. The van der Waals surface area contributed by atoms with Gasteiger partial charge in [0.05, 0.1) is 48.8 Å². The maximum atomic E-state index is 12.0. The molecular weight excluding hydrogens is 1360 g/mol. The van der Waals surface area contributed by atoms with Crippen molar-refractivity contribution in [2.75, 3.05) is 76.4 Å². The molecule has 18 nitrogen and oxygen atoms in total. The van der Waals surface area contributed by atoms with E-state index in [1.807, 2.05) is 48.3 Å². The highest BCUT2D eigenvalue weighted by molar-refractivity contribution is 14.2. The van der Waals surface area contributed by atoms with Crippen LogP contribution in [0.1, 0.15) is 108 Å². The summed E-state index contributed by atoms with van der Waals surface area (Å²) in [6.45, 7) is 39.8. The van der Waals surface area contributed by atoms with Gasteiger partial charge >= 0.3 is 11.9 Å². The lowest BCUT2D eigenvalue weighted by atomic mass is 9.79. The molecule has 4 aromatic rings. The summed E-state index contributed by atoms with van der Waals surface area (Å²) in [4.78, 5) is 38.3. The van der Waals surface area contributed by atoms with Crippen LogP contribution in [-0.2, 0) is 38.0 Å². The van der Waals surface area contributed by atoms with Gasteiger partial charge in [0.2, 0.25) is 0 Å². The normalized spacial score (nSPS) is 18.1. The number of nitrogens with zero attached hydrogens (tertiary/aromatic N) is 10. The number of ether oxygens (including phenoxy) is 6. The van der Waals surface area contributed by atoms with E-state index in [9.17, 15) is 9.59 Å². The van der Waals surface area contributed by atoms with E-state index in [0.717, 1.165) is 140 Å². The minimum absolute atomic E-state index is 0.0732. The molecule has 25 heteroatoms. The molecule has 83 heavy (non-hydrogen) atoms. The van der Waals surface area contributed by atoms with Crippen LogP contribution < -0.4 is 9.80 Å². The van der Waals surface area contributed by atoms with E-state index in [-0.39, 0.29) is 31.6 Å². The summed E-state index contributed by atoms with van der Waals surface area (Å²) in [5.41, 5.74) is 3.92. The summed E-state index contributed by atoms with van der Waals surface area (Å²) in [7, 11) is -0.824. The molecule has 2 aliphatic rings. The predicted molar refractivity (Wildman–Crippen MR) is 371 cm³/mol. The Kier molecular flexibility index (Phi) is 32.6. The van der Waals surface area contributed by atoms with E-state index in [2.05, 4.69) is 151 Å². The van der Waals surface area contributed by atoms with E-state index in [1.54, 1.807) is 6.21 Å². The van der Waals surface area contributed by atoms with Crippen molar-refractivity contribution >= 4 is 125 Å². The SMILES string of the molecule is C/C=N/N=IS.CCOC(=O)CC1CCC(c2cc(N(COCC[Si](C)(C)C)COCC[Si](C)(C)C)n3ncc(I)c3n2)CC1.CCOC(=O)CC1CCC(c2cc(N(COCC[Si](C)(C)C)COCC[Si](C)(C)C)n3nccc3n2)CC1. The first-order chi connectivity index (χ1) is 39.2. The molecule has 6 rings (SSSR count). The Balaban J connectivity index is 0.000000324. The molecule has 0 spiro atoms. The topological polar surface area (TPSA) is 181 Å². The molecule has 0 radical (unpaired) electrons. The number of carbonyl (C=O) groups is 2. The van der Waals surface area contributed by atoms with Crippen molar-refractivity contribution in [1.82, 2.24) is 29.2 Å². The quantitative estimate of drug-likeness (QED) is 0.00734. The van der Waals surface area contributed by atoms with Gasteiger partial charge in [-0.25, -0.2) is 9.97 Å². The average molecular weight is 1470 g/mol. The Hall–Kier alpha value is -2.23. The highest BCUT2D eigenvalue weighted by Crippen LogP contribution is 2.40. The molecule has 0 aliphatic heterocycles. The first-order valence-corrected chi connectivity index (χ1v) is 50.3. The average Bonchev–Trinajstić information content (AvgIpc) is 2.87. The Labute approximate surface area is 530 Å². The van der Waals surface area contributed by atoms with Crippen LogP contribution in [0.5, 0.6) is 0 Å². The van der Waals surface area contributed by atoms with Crippen LogP contribution in [0.4, 0.5) is 11.6 Å². The van der Waals surface area contributed by atoms with E-state index < -0.39 is 32.3 Å². The standard InChI is InChI=1S/C28H49IN4O4Si2.C28H50N4O4Si2.C2H5IN2S/c1-8-37-27(34)17-22-9-11-23(12-10-22)25-18-26(33-28(31-25)24(29)19-30-33)32(20-35-13-15-38(2,3)4)21-36-14-16-39(5,6)7;1-8-36-28(33)19-23-9-11-24(12-10-23)25-20-27(32-26(30-25)13-14-29-32)31(21-34-15-17-37(2,3)4)22-35-16-18-38(5,6)7;1-2-4-5-3-6/h18-19,22-23H,8-17,20-21H2,1-7H3;13-14,20,23-24H,8-12,15-19,21-22H2,1-7H3;2H,1H3,(H,5,6)/b;;4-2+. The van der Waals surface area contributed by atoms with Gasteiger partial charge in [0.25, 0.3) is 0 Å². The Morgan fingerprint density at radius 2 is 1.04 bits per heavy atom. The Morgan fingerprint density at radius 1 is 0.639 bits per heavy atom. The lowest BCUT2D eigenvalue weighted by Gasteiger charge is -2.30. The van der Waals surface area contributed by atoms with E-state index in [0.29, 0.717) is 76.7 Å². The van der Waals surface area contributed by atoms with Gasteiger partial charge in [-0.3, -0.25) is 9.59 Å². The Morgan fingerprint density at radius 3 is 1.40 bits per heavy atom. The molecule has 0 N–H and O–H groups in total. The molecular formula is C58H104I2N10O8SSi4. The molecule has 0 amide bonds. The molecule has 2 saturated carbocycles. The smallest absolute Gasteiger partial charge is 0.306 e. The third kappa shape index (κ3) is 28.6. The molecule has 0 atom stereocenters. The van der Waals surface area contributed by atoms with Gasteiger partial charge in [0.1, 0.15) is 38.6 Å². The number of carbonyl (C=O) groups excluding carboxylic acids is 2. The molecule has 0 bridgehead atoms. The third-order valence-corrected chi connectivity index (χ3v) is 23.1. The molecule has 0 saturated heterocycles. The van der Waals surface area contributed by atoms with Gasteiger partial charge in [-0.15, -0.1) is 3.25 Å². The van der Waals surface area contributed by atoms with E-state index in [1.165, 1.54) is 0 Å². The largest absolute Gasteiger partial charge is 0.466 e. The third-order valence-electron chi connectivity index (χ3n) is 14.7. The summed E-state index contributed by atoms with van der Waals surface area (Å²) in [6.07, 6.45) is 14.6. The van der Waals surface area contributed by atoms with Crippen molar-refractivity contribution in [3.63, 3.8) is 0 Å². The second kappa shape index (κ2) is 36.9. The van der Waals surface area contributed by atoms with Crippen molar-refractivity contribution < 1.29 is 38.0 Å². The van der Waals surface area contributed by atoms with E-state index in [4.69, 9.17) is 38.4 Å². The summed E-state index contributed by atoms with van der Waals surface area (Å²) < 4.78 is 43.7. The number of aromatic nitrogens is 6. The van der Waals surface area contributed by atoms with Gasteiger partial charge in [0.15, 0.2) is 11.3 Å². The predicted octanol–water partition coefficient (Wildman–Crippen LogP) is 15.4. The van der Waals surface area contributed by atoms with Crippen molar-refractivity contribution in [2.24, 2.45) is 20.2 Å². The first-order valence-electron chi connectivity index (χ1n) is 30.2. The lowest BCUT2D eigenvalue weighted by molar-refractivity contribution is -0.145. The fraction of sp³-hybridized carbons (Fsp3) is 0.741. The molecule has 470 valence electrons. The number of anilines is 2. The summed E-state index contributed by atoms with van der Waals surface area (Å²) in [5.74, 6) is 3.31. The van der Waals surface area contributed by atoms with Gasteiger partial charge in [-0.05, 0) is 131 Å². The minimum atomic E-state index is -1.18. The maximum absolute atomic E-state index is 12.0. The highest BCUT2D eigenvalue weighted by Gasteiger charge is 2.30.